The molecule has 3 aromatic rings. The molecule has 0 aromatic heterocycles. The normalized spacial score (nSPS) is 10.5. The van der Waals surface area contributed by atoms with Gasteiger partial charge in [0.25, 0.3) is 5.69 Å². The number of carbonyl (C=O) groups excluding carboxylic acids is 1. The van der Waals surface area contributed by atoms with E-state index in [9.17, 15) is 20.0 Å². The number of hydrogen-bond donors (Lipinski definition) is 1. The van der Waals surface area contributed by atoms with Gasteiger partial charge in [0.2, 0.25) is 0 Å². The number of nitro groups is 1. The Balaban J connectivity index is 2.04. The standard InChI is InChI=1S/C17H11NO4/c19-16-10-13-4-2-1-3-12(13)9-15(16)17(20)11-5-7-14(8-6-11)18(21)22/h1-10,19H. The van der Waals surface area contributed by atoms with Crippen LogP contribution in [0.4, 0.5) is 5.69 Å². The molecular weight excluding hydrogens is 282 g/mol. The number of fused-ring (bicyclic) bond motifs is 1. The highest BCUT2D eigenvalue weighted by atomic mass is 16.6. The summed E-state index contributed by atoms with van der Waals surface area (Å²) in [6.07, 6.45) is 0. The molecule has 22 heavy (non-hydrogen) atoms. The van der Waals surface area contributed by atoms with Crippen molar-refractivity contribution in [2.24, 2.45) is 0 Å². The monoisotopic (exact) mass is 293 g/mol. The van der Waals surface area contributed by atoms with Gasteiger partial charge in [0.15, 0.2) is 5.78 Å². The fourth-order valence-corrected chi connectivity index (χ4v) is 2.30. The minimum atomic E-state index is -0.526. The van der Waals surface area contributed by atoms with Crippen molar-refractivity contribution in [3.63, 3.8) is 0 Å². The summed E-state index contributed by atoms with van der Waals surface area (Å²) >= 11 is 0. The van der Waals surface area contributed by atoms with Crippen LogP contribution in [-0.2, 0) is 0 Å². The van der Waals surface area contributed by atoms with E-state index in [1.807, 2.05) is 24.3 Å². The first-order chi connectivity index (χ1) is 10.6. The highest BCUT2D eigenvalue weighted by Crippen LogP contribution is 2.27. The first-order valence-corrected chi connectivity index (χ1v) is 6.57. The van der Waals surface area contributed by atoms with Gasteiger partial charge in [-0.1, -0.05) is 24.3 Å². The van der Waals surface area contributed by atoms with E-state index >= 15 is 0 Å². The van der Waals surface area contributed by atoms with Crippen LogP contribution in [0.1, 0.15) is 15.9 Å². The number of carbonyl (C=O) groups is 1. The number of benzene rings is 3. The summed E-state index contributed by atoms with van der Waals surface area (Å²) < 4.78 is 0. The third-order valence-corrected chi connectivity index (χ3v) is 3.45. The van der Waals surface area contributed by atoms with Crippen molar-refractivity contribution in [3.05, 3.63) is 81.9 Å². The van der Waals surface area contributed by atoms with Gasteiger partial charge in [0, 0.05) is 17.7 Å². The largest absolute Gasteiger partial charge is 0.507 e. The Morgan fingerprint density at radius 3 is 2.14 bits per heavy atom. The molecule has 0 spiro atoms. The number of ketones is 1. The van der Waals surface area contributed by atoms with Crippen molar-refractivity contribution in [1.29, 1.82) is 0 Å². The van der Waals surface area contributed by atoms with Crippen molar-refractivity contribution in [3.8, 4) is 5.75 Å². The summed E-state index contributed by atoms with van der Waals surface area (Å²) in [5.41, 5.74) is 0.378. The zero-order valence-corrected chi connectivity index (χ0v) is 11.4. The predicted octanol–water partition coefficient (Wildman–Crippen LogP) is 3.68. The zero-order valence-electron chi connectivity index (χ0n) is 11.4. The third kappa shape index (κ3) is 2.40. The molecule has 0 saturated carbocycles. The van der Waals surface area contributed by atoms with Crippen LogP contribution in [-0.4, -0.2) is 15.8 Å². The fraction of sp³-hybridized carbons (Fsp3) is 0. The molecular formula is C17H11NO4. The molecule has 1 N–H and O–H groups in total. The van der Waals surface area contributed by atoms with Gasteiger partial charge in [-0.25, -0.2) is 0 Å². The third-order valence-electron chi connectivity index (χ3n) is 3.45. The van der Waals surface area contributed by atoms with Gasteiger partial charge < -0.3 is 5.11 Å². The molecule has 3 rings (SSSR count). The molecule has 5 nitrogen and oxygen atoms in total. The summed E-state index contributed by atoms with van der Waals surface area (Å²) in [4.78, 5) is 22.6. The summed E-state index contributed by atoms with van der Waals surface area (Å²) in [6, 6.07) is 15.8. The van der Waals surface area contributed by atoms with Crippen LogP contribution in [0.5, 0.6) is 5.75 Å². The smallest absolute Gasteiger partial charge is 0.269 e. The predicted molar refractivity (Wildman–Crippen MR) is 82.1 cm³/mol. The van der Waals surface area contributed by atoms with E-state index in [2.05, 4.69) is 0 Å². The molecule has 5 heteroatoms. The van der Waals surface area contributed by atoms with Gasteiger partial charge in [-0.15, -0.1) is 0 Å². The van der Waals surface area contributed by atoms with Gasteiger partial charge in [-0.3, -0.25) is 14.9 Å². The summed E-state index contributed by atoms with van der Waals surface area (Å²) in [6.45, 7) is 0. The van der Waals surface area contributed by atoms with Gasteiger partial charge >= 0.3 is 0 Å². The van der Waals surface area contributed by atoms with Gasteiger partial charge in [-0.05, 0) is 35.0 Å². The maximum Gasteiger partial charge on any atom is 0.269 e. The second-order valence-corrected chi connectivity index (χ2v) is 4.85. The Bertz CT molecular complexity index is 885. The Kier molecular flexibility index (Phi) is 3.31. The topological polar surface area (TPSA) is 80.4 Å². The minimum Gasteiger partial charge on any atom is -0.507 e. The maximum atomic E-state index is 12.5. The average Bonchev–Trinajstić information content (AvgIpc) is 2.53. The highest BCUT2D eigenvalue weighted by Gasteiger charge is 2.16. The van der Waals surface area contributed by atoms with Crippen LogP contribution in [0.3, 0.4) is 0 Å². The number of phenols is 1. The molecule has 0 unspecified atom stereocenters. The summed E-state index contributed by atoms with van der Waals surface area (Å²) in [5.74, 6) is -0.486. The number of rotatable bonds is 3. The van der Waals surface area contributed by atoms with E-state index in [4.69, 9.17) is 0 Å². The van der Waals surface area contributed by atoms with E-state index in [1.165, 1.54) is 30.3 Å². The number of aromatic hydroxyl groups is 1. The highest BCUT2D eigenvalue weighted by molar-refractivity contribution is 6.12. The average molecular weight is 293 g/mol. The van der Waals surface area contributed by atoms with Gasteiger partial charge in [-0.2, -0.15) is 0 Å². The van der Waals surface area contributed by atoms with Crippen molar-refractivity contribution in [1.82, 2.24) is 0 Å². The molecule has 0 aliphatic carbocycles. The molecule has 0 radical (unpaired) electrons. The number of phenolic OH excluding ortho intramolecular Hbond substituents is 1. The molecule has 0 atom stereocenters. The van der Waals surface area contributed by atoms with Crippen LogP contribution in [0.25, 0.3) is 10.8 Å². The van der Waals surface area contributed by atoms with Crippen molar-refractivity contribution in [2.45, 2.75) is 0 Å². The molecule has 0 aliphatic heterocycles. The molecule has 108 valence electrons. The van der Waals surface area contributed by atoms with Crippen LogP contribution in [0.2, 0.25) is 0 Å². The van der Waals surface area contributed by atoms with Gasteiger partial charge in [0.05, 0.1) is 10.5 Å². The number of non-ortho nitro benzene ring substituents is 1. The number of nitro benzene ring substituents is 1. The summed E-state index contributed by atoms with van der Waals surface area (Å²) in [7, 11) is 0. The Labute approximate surface area is 125 Å². The lowest BCUT2D eigenvalue weighted by Gasteiger charge is -2.06. The number of hydrogen-bond acceptors (Lipinski definition) is 4. The van der Waals surface area contributed by atoms with E-state index in [0.717, 1.165) is 10.8 Å². The summed E-state index contributed by atoms with van der Waals surface area (Å²) in [5, 5.41) is 22.4. The first-order valence-electron chi connectivity index (χ1n) is 6.57. The van der Waals surface area contributed by atoms with E-state index in [1.54, 1.807) is 6.07 Å². The van der Waals surface area contributed by atoms with Crippen molar-refractivity contribution >= 4 is 22.2 Å². The zero-order chi connectivity index (χ0) is 15.7. The Hall–Kier alpha value is -3.21. The molecule has 0 heterocycles. The Morgan fingerprint density at radius 2 is 1.55 bits per heavy atom. The van der Waals surface area contributed by atoms with Crippen LogP contribution >= 0.6 is 0 Å². The van der Waals surface area contributed by atoms with E-state index in [0.29, 0.717) is 0 Å². The lowest BCUT2D eigenvalue weighted by molar-refractivity contribution is -0.384. The fourth-order valence-electron chi connectivity index (χ4n) is 2.30. The van der Waals surface area contributed by atoms with Gasteiger partial charge in [0.1, 0.15) is 5.75 Å². The lowest BCUT2D eigenvalue weighted by atomic mass is 9.99. The molecule has 0 bridgehead atoms. The molecule has 0 fully saturated rings. The number of nitrogens with zero attached hydrogens (tertiary/aromatic N) is 1. The van der Waals surface area contributed by atoms with Crippen LogP contribution < -0.4 is 0 Å². The van der Waals surface area contributed by atoms with E-state index < -0.39 is 4.92 Å². The van der Waals surface area contributed by atoms with Crippen molar-refractivity contribution in [2.75, 3.05) is 0 Å². The quantitative estimate of drug-likeness (QED) is 0.453. The first kappa shape index (κ1) is 13.8. The van der Waals surface area contributed by atoms with Crippen LogP contribution in [0, 0.1) is 10.1 Å². The second-order valence-electron chi connectivity index (χ2n) is 4.85. The minimum absolute atomic E-state index is 0.0840. The second kappa shape index (κ2) is 5.29. The Morgan fingerprint density at radius 1 is 0.955 bits per heavy atom. The van der Waals surface area contributed by atoms with E-state index in [-0.39, 0.29) is 28.3 Å². The molecule has 0 aliphatic rings. The molecule has 0 saturated heterocycles. The maximum absolute atomic E-state index is 12.5. The lowest BCUT2D eigenvalue weighted by Crippen LogP contribution is -2.02. The molecule has 3 aromatic carbocycles. The van der Waals surface area contributed by atoms with Crippen LogP contribution in [0.15, 0.2) is 60.7 Å². The SMILES string of the molecule is O=C(c1ccc([N+](=O)[O-])cc1)c1cc2ccccc2cc1O. The van der Waals surface area contributed by atoms with Crippen molar-refractivity contribution < 1.29 is 14.8 Å². The molecule has 0 amide bonds.